The summed E-state index contributed by atoms with van der Waals surface area (Å²) in [6.45, 7) is 4.49. The molecular formula is C18H25NO2. The van der Waals surface area contributed by atoms with Gasteiger partial charge in [-0.25, -0.2) is 0 Å². The number of benzene rings is 1. The first kappa shape index (κ1) is 14.6. The number of methoxy groups -OCH3 is 1. The molecule has 0 radical (unpaired) electrons. The van der Waals surface area contributed by atoms with Gasteiger partial charge in [0.25, 0.3) is 0 Å². The Bertz CT molecular complexity index is 556. The number of rotatable bonds is 2. The van der Waals surface area contributed by atoms with Crippen molar-refractivity contribution in [3.63, 3.8) is 0 Å². The molecule has 0 N–H and O–H groups in total. The molecule has 1 heterocycles. The maximum atomic E-state index is 12.2. The van der Waals surface area contributed by atoms with Gasteiger partial charge < -0.3 is 9.64 Å². The quantitative estimate of drug-likeness (QED) is 0.837. The van der Waals surface area contributed by atoms with Crippen molar-refractivity contribution in [3.8, 4) is 5.75 Å². The number of Topliss-reactive ketones (excluding diaryl/α,β-unsaturated/α-hetero) is 1. The molecule has 1 saturated carbocycles. The minimum atomic E-state index is -0.0244. The Morgan fingerprint density at radius 2 is 2.10 bits per heavy atom. The van der Waals surface area contributed by atoms with Gasteiger partial charge in [-0.3, -0.25) is 4.79 Å². The summed E-state index contributed by atoms with van der Waals surface area (Å²) in [4.78, 5) is 14.6. The van der Waals surface area contributed by atoms with E-state index in [1.807, 2.05) is 6.07 Å². The summed E-state index contributed by atoms with van der Waals surface area (Å²) in [6.07, 6.45) is 3.47. The molecular weight excluding hydrogens is 262 g/mol. The number of hydrogen-bond acceptors (Lipinski definition) is 3. The van der Waals surface area contributed by atoms with E-state index in [1.54, 1.807) is 7.11 Å². The molecule has 2 fully saturated rings. The summed E-state index contributed by atoms with van der Waals surface area (Å²) >= 11 is 0. The van der Waals surface area contributed by atoms with E-state index in [-0.39, 0.29) is 10.8 Å². The van der Waals surface area contributed by atoms with E-state index in [1.165, 1.54) is 5.56 Å². The van der Waals surface area contributed by atoms with Crippen LogP contribution in [0.2, 0.25) is 0 Å². The summed E-state index contributed by atoms with van der Waals surface area (Å²) in [5.41, 5.74) is 1.43. The van der Waals surface area contributed by atoms with E-state index in [4.69, 9.17) is 4.74 Å². The molecule has 1 aliphatic carbocycles. The van der Waals surface area contributed by atoms with Crippen LogP contribution in [-0.2, 0) is 10.2 Å². The molecule has 3 heteroatoms. The number of carbonyl (C=O) groups excluding carboxylic acids is 1. The summed E-state index contributed by atoms with van der Waals surface area (Å²) in [7, 11) is 3.90. The van der Waals surface area contributed by atoms with E-state index in [2.05, 4.69) is 37.1 Å². The van der Waals surface area contributed by atoms with E-state index < -0.39 is 0 Å². The molecule has 0 spiro atoms. The Morgan fingerprint density at radius 3 is 2.86 bits per heavy atom. The summed E-state index contributed by atoms with van der Waals surface area (Å²) in [6, 6.07) is 8.37. The normalized spacial score (nSPS) is 33.6. The van der Waals surface area contributed by atoms with Crippen molar-refractivity contribution in [1.29, 1.82) is 0 Å². The molecule has 3 nitrogen and oxygen atoms in total. The van der Waals surface area contributed by atoms with Crippen molar-refractivity contribution in [2.75, 3.05) is 27.2 Å². The molecule has 114 valence electrons. The van der Waals surface area contributed by atoms with Gasteiger partial charge in [0, 0.05) is 24.8 Å². The molecule has 0 aromatic heterocycles. The number of nitrogens with zero attached hydrogens (tertiary/aromatic N) is 1. The van der Waals surface area contributed by atoms with E-state index in [0.717, 1.165) is 38.1 Å². The van der Waals surface area contributed by atoms with Gasteiger partial charge in [0.15, 0.2) is 0 Å². The van der Waals surface area contributed by atoms with E-state index in [0.29, 0.717) is 12.2 Å². The second-order valence-corrected chi connectivity index (χ2v) is 7.08. The van der Waals surface area contributed by atoms with E-state index in [9.17, 15) is 4.79 Å². The number of fused-ring (bicyclic) bond motifs is 1. The van der Waals surface area contributed by atoms with Crippen LogP contribution in [0.3, 0.4) is 0 Å². The van der Waals surface area contributed by atoms with Crippen molar-refractivity contribution in [1.82, 2.24) is 4.90 Å². The molecule has 21 heavy (non-hydrogen) atoms. The Labute approximate surface area is 127 Å². The van der Waals surface area contributed by atoms with Gasteiger partial charge in [0.05, 0.1) is 7.11 Å². The molecule has 1 saturated heterocycles. The Balaban J connectivity index is 2.09. The van der Waals surface area contributed by atoms with Crippen molar-refractivity contribution in [2.24, 2.45) is 5.41 Å². The number of hydrogen-bond donors (Lipinski definition) is 0. The van der Waals surface area contributed by atoms with Crippen LogP contribution in [0.25, 0.3) is 0 Å². The van der Waals surface area contributed by atoms with Crippen LogP contribution in [0.4, 0.5) is 0 Å². The number of ketones is 1. The van der Waals surface area contributed by atoms with Crippen LogP contribution in [0.5, 0.6) is 5.75 Å². The van der Waals surface area contributed by atoms with Crippen molar-refractivity contribution in [2.45, 2.75) is 38.0 Å². The molecule has 1 aliphatic heterocycles. The minimum Gasteiger partial charge on any atom is -0.497 e. The van der Waals surface area contributed by atoms with Crippen LogP contribution in [0.1, 0.15) is 38.2 Å². The second kappa shape index (κ2) is 5.13. The molecule has 0 bridgehead atoms. The first-order valence-electron chi connectivity index (χ1n) is 7.84. The van der Waals surface area contributed by atoms with E-state index >= 15 is 0 Å². The Kier molecular flexibility index (Phi) is 3.56. The average Bonchev–Trinajstić information content (AvgIpc) is 2.48. The maximum Gasteiger partial charge on any atom is 0.133 e. The first-order chi connectivity index (χ1) is 9.99. The van der Waals surface area contributed by atoms with Gasteiger partial charge >= 0.3 is 0 Å². The third kappa shape index (κ3) is 2.28. The van der Waals surface area contributed by atoms with Crippen molar-refractivity contribution < 1.29 is 9.53 Å². The predicted molar refractivity (Wildman–Crippen MR) is 83.8 cm³/mol. The molecule has 3 rings (SSSR count). The Morgan fingerprint density at radius 1 is 1.29 bits per heavy atom. The third-order valence-corrected chi connectivity index (χ3v) is 5.77. The fraction of sp³-hybridized carbons (Fsp3) is 0.611. The number of carbonyl (C=O) groups is 1. The summed E-state index contributed by atoms with van der Waals surface area (Å²) < 4.78 is 5.41. The smallest absolute Gasteiger partial charge is 0.133 e. The minimum absolute atomic E-state index is 0.0244. The topological polar surface area (TPSA) is 29.5 Å². The maximum absolute atomic E-state index is 12.2. The van der Waals surface area contributed by atoms with Gasteiger partial charge in [-0.1, -0.05) is 19.1 Å². The molecule has 1 aromatic rings. The van der Waals surface area contributed by atoms with Crippen molar-refractivity contribution >= 4 is 5.78 Å². The number of ether oxygens (including phenoxy) is 1. The Hall–Kier alpha value is -1.35. The largest absolute Gasteiger partial charge is 0.497 e. The monoisotopic (exact) mass is 287 g/mol. The van der Waals surface area contributed by atoms with Crippen LogP contribution < -0.4 is 4.74 Å². The zero-order valence-electron chi connectivity index (χ0n) is 13.3. The molecule has 2 unspecified atom stereocenters. The molecule has 1 aromatic carbocycles. The molecule has 2 aliphatic rings. The number of likely N-dealkylation sites (tertiary alicyclic amines) is 1. The van der Waals surface area contributed by atoms with Crippen LogP contribution in [0, 0.1) is 5.41 Å². The highest BCUT2D eigenvalue weighted by atomic mass is 16.5. The lowest BCUT2D eigenvalue weighted by molar-refractivity contribution is -0.129. The standard InChI is InChI=1S/C18H25NO2/c1-17-8-7-15(20)12-18(17,9-10-19(2)13-17)14-5-4-6-16(11-14)21-3/h4-6,11H,7-10,12-13H2,1-3H3. The van der Waals surface area contributed by atoms with Gasteiger partial charge in [0.2, 0.25) is 0 Å². The molecule has 0 amide bonds. The zero-order chi connectivity index (χ0) is 15.1. The van der Waals surface area contributed by atoms with Gasteiger partial charge in [-0.05, 0) is 49.5 Å². The third-order valence-electron chi connectivity index (χ3n) is 5.77. The highest BCUT2D eigenvalue weighted by Crippen LogP contribution is 2.55. The van der Waals surface area contributed by atoms with Crippen LogP contribution in [-0.4, -0.2) is 37.9 Å². The lowest BCUT2D eigenvalue weighted by atomic mass is 9.51. The van der Waals surface area contributed by atoms with Gasteiger partial charge in [-0.15, -0.1) is 0 Å². The summed E-state index contributed by atoms with van der Waals surface area (Å²) in [5.74, 6) is 1.31. The van der Waals surface area contributed by atoms with Gasteiger partial charge in [-0.2, -0.15) is 0 Å². The van der Waals surface area contributed by atoms with Crippen LogP contribution in [0.15, 0.2) is 24.3 Å². The lowest BCUT2D eigenvalue weighted by Crippen LogP contribution is -2.58. The second-order valence-electron chi connectivity index (χ2n) is 7.08. The fourth-order valence-electron chi connectivity index (χ4n) is 4.49. The van der Waals surface area contributed by atoms with Crippen molar-refractivity contribution in [3.05, 3.63) is 29.8 Å². The SMILES string of the molecule is COc1cccc(C23CCN(C)CC2(C)CCC(=O)C3)c1. The van der Waals surface area contributed by atoms with Crippen LogP contribution >= 0.6 is 0 Å². The average molecular weight is 287 g/mol. The van der Waals surface area contributed by atoms with Gasteiger partial charge in [0.1, 0.15) is 11.5 Å². The zero-order valence-corrected chi connectivity index (χ0v) is 13.3. The lowest BCUT2D eigenvalue weighted by Gasteiger charge is -2.57. The number of piperidine rings is 1. The highest BCUT2D eigenvalue weighted by Gasteiger charge is 2.54. The summed E-state index contributed by atoms with van der Waals surface area (Å²) in [5, 5.41) is 0. The predicted octanol–water partition coefficient (Wildman–Crippen LogP) is 3.03. The molecule has 2 atom stereocenters. The fourth-order valence-corrected chi connectivity index (χ4v) is 4.49. The first-order valence-corrected chi connectivity index (χ1v) is 7.84. The highest BCUT2D eigenvalue weighted by molar-refractivity contribution is 5.81.